The summed E-state index contributed by atoms with van der Waals surface area (Å²) >= 11 is 0. The number of nitriles is 1. The molecule has 0 unspecified atom stereocenters. The van der Waals surface area contributed by atoms with Crippen molar-refractivity contribution in [2.24, 2.45) is 0 Å². The number of carboxylic acid groups (broad SMARTS) is 1. The number of benzene rings is 3. The van der Waals surface area contributed by atoms with Crippen molar-refractivity contribution >= 4 is 40.1 Å². The normalized spacial score (nSPS) is 10.3. The number of carboxylic acids is 1. The Morgan fingerprint density at radius 3 is 2.47 bits per heavy atom. The second-order valence-electron chi connectivity index (χ2n) is 7.23. The van der Waals surface area contributed by atoms with E-state index >= 15 is 0 Å². The first-order chi connectivity index (χ1) is 16.4. The van der Waals surface area contributed by atoms with Gasteiger partial charge >= 0.3 is 5.97 Å². The molecule has 0 aliphatic heterocycles. The monoisotopic (exact) mass is 454 g/mol. The van der Waals surface area contributed by atoms with Gasteiger partial charge in [-0.15, -0.1) is 0 Å². The van der Waals surface area contributed by atoms with E-state index in [1.54, 1.807) is 48.5 Å². The van der Waals surface area contributed by atoms with E-state index in [1.165, 1.54) is 18.2 Å². The van der Waals surface area contributed by atoms with Crippen molar-refractivity contribution in [3.63, 3.8) is 0 Å². The van der Waals surface area contributed by atoms with Gasteiger partial charge in [-0.3, -0.25) is 9.59 Å². The Labute approximate surface area is 193 Å². The lowest BCUT2D eigenvalue weighted by Gasteiger charge is -2.09. The number of nitrogens with zero attached hydrogens (tertiary/aromatic N) is 1. The summed E-state index contributed by atoms with van der Waals surface area (Å²) in [6.07, 6.45) is 0. The second kappa shape index (κ2) is 9.58. The number of rotatable bonds is 7. The van der Waals surface area contributed by atoms with Crippen LogP contribution in [0.4, 0.5) is 11.4 Å². The summed E-state index contributed by atoms with van der Waals surface area (Å²) in [5.74, 6) is -1.65. The molecule has 0 fully saturated rings. The van der Waals surface area contributed by atoms with Crippen LogP contribution in [0.2, 0.25) is 0 Å². The van der Waals surface area contributed by atoms with Crippen LogP contribution in [0.3, 0.4) is 0 Å². The number of hydrogen-bond acceptors (Lipinski definition) is 5. The van der Waals surface area contributed by atoms with E-state index in [-0.39, 0.29) is 35.0 Å². The van der Waals surface area contributed by atoms with E-state index in [2.05, 4.69) is 15.6 Å². The van der Waals surface area contributed by atoms with Crippen molar-refractivity contribution in [2.75, 3.05) is 17.2 Å². The molecule has 0 saturated heterocycles. The van der Waals surface area contributed by atoms with Crippen LogP contribution >= 0.6 is 0 Å². The first-order valence-corrected chi connectivity index (χ1v) is 10.1. The first kappa shape index (κ1) is 22.1. The van der Waals surface area contributed by atoms with E-state index in [0.29, 0.717) is 22.3 Å². The van der Waals surface area contributed by atoms with Gasteiger partial charge in [-0.2, -0.15) is 5.26 Å². The Balaban J connectivity index is 1.51. The largest absolute Gasteiger partial charge is 0.484 e. The van der Waals surface area contributed by atoms with Crippen molar-refractivity contribution in [1.29, 1.82) is 5.26 Å². The third kappa shape index (κ3) is 4.87. The van der Waals surface area contributed by atoms with Crippen molar-refractivity contribution in [3.05, 3.63) is 89.6 Å². The summed E-state index contributed by atoms with van der Waals surface area (Å²) in [6.45, 7) is -0.189. The van der Waals surface area contributed by atoms with Gasteiger partial charge in [0.05, 0.1) is 34.1 Å². The maximum absolute atomic E-state index is 12.8. The zero-order valence-corrected chi connectivity index (χ0v) is 17.7. The number of fused-ring (bicyclic) bond motifs is 1. The molecule has 0 aliphatic carbocycles. The number of amides is 2. The average molecular weight is 454 g/mol. The number of aromatic amines is 1. The van der Waals surface area contributed by atoms with Gasteiger partial charge in [-0.1, -0.05) is 30.3 Å². The molecule has 1 heterocycles. The Morgan fingerprint density at radius 2 is 1.74 bits per heavy atom. The average Bonchev–Trinajstić information content (AvgIpc) is 3.29. The minimum absolute atomic E-state index is 0.0572. The lowest BCUT2D eigenvalue weighted by Crippen LogP contribution is -2.20. The van der Waals surface area contributed by atoms with Gasteiger partial charge in [-0.05, 0) is 42.5 Å². The van der Waals surface area contributed by atoms with E-state index in [4.69, 9.17) is 10.00 Å². The summed E-state index contributed by atoms with van der Waals surface area (Å²) in [7, 11) is 0. The van der Waals surface area contributed by atoms with Crippen LogP contribution in [-0.4, -0.2) is 34.5 Å². The molecule has 9 nitrogen and oxygen atoms in total. The molecule has 4 rings (SSSR count). The third-order valence-corrected chi connectivity index (χ3v) is 4.92. The molecule has 3 aromatic carbocycles. The molecule has 34 heavy (non-hydrogen) atoms. The van der Waals surface area contributed by atoms with Gasteiger partial charge in [0.1, 0.15) is 11.4 Å². The number of ether oxygens (including phenoxy) is 1. The Morgan fingerprint density at radius 1 is 0.941 bits per heavy atom. The highest BCUT2D eigenvalue weighted by Crippen LogP contribution is 2.25. The topological polar surface area (TPSA) is 144 Å². The Bertz CT molecular complexity index is 1440. The van der Waals surface area contributed by atoms with Crippen LogP contribution in [0.25, 0.3) is 10.9 Å². The minimum atomic E-state index is -1.27. The van der Waals surface area contributed by atoms with E-state index in [9.17, 15) is 19.5 Å². The molecule has 0 saturated carbocycles. The summed E-state index contributed by atoms with van der Waals surface area (Å²) in [6, 6.07) is 21.5. The quantitative estimate of drug-likeness (QED) is 0.332. The van der Waals surface area contributed by atoms with Gasteiger partial charge in [-0.25, -0.2) is 4.79 Å². The molecular weight excluding hydrogens is 436 g/mol. The fourth-order valence-corrected chi connectivity index (χ4v) is 3.32. The fourth-order valence-electron chi connectivity index (χ4n) is 3.32. The molecule has 4 N–H and O–H groups in total. The molecule has 168 valence electrons. The molecular formula is C25H18N4O5. The number of carbonyl (C=O) groups excluding carboxylic acids is 2. The van der Waals surface area contributed by atoms with E-state index < -0.39 is 11.9 Å². The highest BCUT2D eigenvalue weighted by atomic mass is 16.5. The minimum Gasteiger partial charge on any atom is -0.484 e. The predicted molar refractivity (Wildman–Crippen MR) is 125 cm³/mol. The molecule has 0 aliphatic rings. The first-order valence-electron chi connectivity index (χ1n) is 10.1. The maximum Gasteiger partial charge on any atom is 0.337 e. The highest BCUT2D eigenvalue weighted by Gasteiger charge is 2.17. The van der Waals surface area contributed by atoms with Crippen molar-refractivity contribution in [2.45, 2.75) is 0 Å². The Kier molecular flexibility index (Phi) is 6.23. The van der Waals surface area contributed by atoms with Crippen LogP contribution in [0.1, 0.15) is 26.4 Å². The number of carbonyl (C=O) groups is 3. The smallest absolute Gasteiger partial charge is 0.337 e. The lowest BCUT2D eigenvalue weighted by molar-refractivity contribution is -0.118. The van der Waals surface area contributed by atoms with Gasteiger partial charge in [0.2, 0.25) is 0 Å². The van der Waals surface area contributed by atoms with Gasteiger partial charge < -0.3 is 25.5 Å². The van der Waals surface area contributed by atoms with Gasteiger partial charge in [0.25, 0.3) is 11.8 Å². The molecule has 0 spiro atoms. The lowest BCUT2D eigenvalue weighted by atomic mass is 10.1. The third-order valence-electron chi connectivity index (χ3n) is 4.92. The molecule has 2 amide bonds. The number of aromatic carboxylic acids is 1. The number of anilines is 2. The van der Waals surface area contributed by atoms with Crippen LogP contribution in [0, 0.1) is 11.3 Å². The number of para-hydroxylation sites is 2. The van der Waals surface area contributed by atoms with Gasteiger partial charge in [0, 0.05) is 5.39 Å². The predicted octanol–water partition coefficient (Wildman–Crippen LogP) is 4.01. The maximum atomic E-state index is 12.8. The number of hydrogen-bond donors (Lipinski definition) is 4. The number of aromatic nitrogens is 1. The van der Waals surface area contributed by atoms with Crippen molar-refractivity contribution < 1.29 is 24.2 Å². The van der Waals surface area contributed by atoms with Gasteiger partial charge in [0.15, 0.2) is 6.61 Å². The zero-order chi connectivity index (χ0) is 24.1. The molecule has 1 aromatic heterocycles. The highest BCUT2D eigenvalue weighted by molar-refractivity contribution is 6.10. The summed E-state index contributed by atoms with van der Waals surface area (Å²) in [4.78, 5) is 39.6. The van der Waals surface area contributed by atoms with E-state index in [1.807, 2.05) is 12.1 Å². The number of nitrogens with one attached hydrogen (secondary N) is 3. The standard InChI is InChI=1S/C25H18N4O5/c26-13-15-9-10-19(18(11-15)25(32)33)29-24(31)21-12-16-5-4-8-20(23(16)28-21)27-22(30)14-34-17-6-2-1-3-7-17/h1-12,28H,14H2,(H,27,30)(H,29,31)(H,32,33). The SMILES string of the molecule is N#Cc1ccc(NC(=O)c2cc3cccc(NC(=O)COc4ccccc4)c3[nH]2)c(C(=O)O)c1. The Hall–Kier alpha value is -5.10. The van der Waals surface area contributed by atoms with Crippen molar-refractivity contribution in [3.8, 4) is 11.8 Å². The van der Waals surface area contributed by atoms with Crippen LogP contribution < -0.4 is 15.4 Å². The summed E-state index contributed by atoms with van der Waals surface area (Å²) in [5.41, 5.74) is 1.18. The number of H-pyrrole nitrogens is 1. The summed E-state index contributed by atoms with van der Waals surface area (Å²) in [5, 5.41) is 24.4. The van der Waals surface area contributed by atoms with Crippen LogP contribution in [-0.2, 0) is 4.79 Å². The molecule has 0 atom stereocenters. The van der Waals surface area contributed by atoms with E-state index in [0.717, 1.165) is 0 Å². The second-order valence-corrected chi connectivity index (χ2v) is 7.23. The van der Waals surface area contributed by atoms with Crippen molar-refractivity contribution in [1.82, 2.24) is 4.98 Å². The van der Waals surface area contributed by atoms with Crippen LogP contribution in [0.5, 0.6) is 5.75 Å². The molecule has 0 bridgehead atoms. The fraction of sp³-hybridized carbons (Fsp3) is 0.0400. The van der Waals surface area contributed by atoms with Crippen LogP contribution in [0.15, 0.2) is 72.8 Å². The molecule has 0 radical (unpaired) electrons. The summed E-state index contributed by atoms with van der Waals surface area (Å²) < 4.78 is 5.45. The molecule has 4 aromatic rings. The molecule has 9 heteroatoms. The zero-order valence-electron chi connectivity index (χ0n) is 17.7.